The summed E-state index contributed by atoms with van der Waals surface area (Å²) in [6, 6.07) is 2.89. The molecule has 0 atom stereocenters. The summed E-state index contributed by atoms with van der Waals surface area (Å²) in [6.45, 7) is 5.87. The van der Waals surface area contributed by atoms with Gasteiger partial charge in [-0.3, -0.25) is 0 Å². The minimum atomic E-state index is -0.303. The number of halogens is 2. The van der Waals surface area contributed by atoms with Gasteiger partial charge in [-0.05, 0) is 19.1 Å². The summed E-state index contributed by atoms with van der Waals surface area (Å²) < 4.78 is 15.3. The largest absolute Gasteiger partial charge is 0.331 e. The topological polar surface area (TPSA) is 12.0 Å². The van der Waals surface area contributed by atoms with Gasteiger partial charge in [-0.2, -0.15) is 0 Å². The maximum atomic E-state index is 12.8. The van der Waals surface area contributed by atoms with Crippen LogP contribution in [0.5, 0.6) is 0 Å². The molecule has 0 heterocycles. The van der Waals surface area contributed by atoms with Crippen LogP contribution in [0.4, 0.5) is 10.1 Å². The van der Waals surface area contributed by atoms with Crippen LogP contribution >= 0.6 is 24.4 Å². The van der Waals surface area contributed by atoms with Gasteiger partial charge >= 0.3 is 0 Å². The number of benzene rings is 1. The molecule has 0 saturated carbocycles. The van der Waals surface area contributed by atoms with Gasteiger partial charge in [0.1, 0.15) is 5.82 Å². The maximum Gasteiger partial charge on any atom is 0.127 e. The van der Waals surface area contributed by atoms with Gasteiger partial charge in [0.25, 0.3) is 0 Å². The van der Waals surface area contributed by atoms with Crippen LogP contribution in [-0.4, -0.2) is 0 Å². The van der Waals surface area contributed by atoms with E-state index in [4.69, 9.17) is 11.6 Å². The molecule has 1 aromatic rings. The zero-order valence-corrected chi connectivity index (χ0v) is 10.2. The van der Waals surface area contributed by atoms with Crippen LogP contribution in [0.25, 0.3) is 0 Å². The molecule has 80 valence electrons. The molecular weight excluding hydrogens is 221 g/mol. The van der Waals surface area contributed by atoms with E-state index < -0.39 is 0 Å². The van der Waals surface area contributed by atoms with Crippen LogP contribution in [0.15, 0.2) is 12.1 Å². The normalized spacial score (nSPS) is 9.00. The summed E-state index contributed by atoms with van der Waals surface area (Å²) in [4.78, 5) is 0. The Labute approximate surface area is 95.2 Å². The van der Waals surface area contributed by atoms with E-state index in [9.17, 15) is 4.39 Å². The average Bonchev–Trinajstić information content (AvgIpc) is 2.16. The lowest BCUT2D eigenvalue weighted by atomic mass is 10.2. The fraction of sp³-hybridized carbons (Fsp3) is 0.400. The number of thiol groups is 1. The first-order valence-electron chi connectivity index (χ1n) is 4.43. The molecule has 14 heavy (non-hydrogen) atoms. The molecule has 0 aromatic heterocycles. The van der Waals surface area contributed by atoms with Crippen LogP contribution in [-0.2, 0) is 0 Å². The second kappa shape index (κ2) is 6.96. The molecule has 0 amide bonds. The molecule has 0 radical (unpaired) electrons. The number of rotatable bonds is 1. The van der Waals surface area contributed by atoms with E-state index in [1.807, 2.05) is 0 Å². The zero-order valence-electron chi connectivity index (χ0n) is 8.56. The van der Waals surface area contributed by atoms with Gasteiger partial charge in [-0.1, -0.05) is 44.7 Å². The quantitative estimate of drug-likeness (QED) is 0.685. The highest BCUT2D eigenvalue weighted by Crippen LogP contribution is 2.27. The van der Waals surface area contributed by atoms with Crippen molar-refractivity contribution in [2.75, 3.05) is 4.72 Å². The molecule has 1 aromatic carbocycles. The Morgan fingerprint density at radius 2 is 1.93 bits per heavy atom. The fourth-order valence-electron chi connectivity index (χ4n) is 0.748. The highest BCUT2D eigenvalue weighted by molar-refractivity contribution is 7.81. The van der Waals surface area contributed by atoms with Crippen molar-refractivity contribution in [3.05, 3.63) is 28.5 Å². The third-order valence-corrected chi connectivity index (χ3v) is 2.17. The molecule has 0 spiro atoms. The molecule has 0 unspecified atom stereocenters. The Morgan fingerprint density at radius 3 is 2.36 bits per heavy atom. The third kappa shape index (κ3) is 3.76. The Hall–Kier alpha value is -0.410. The van der Waals surface area contributed by atoms with Crippen LogP contribution in [0.1, 0.15) is 25.8 Å². The van der Waals surface area contributed by atoms with Crippen LogP contribution < -0.4 is 4.72 Å². The van der Waals surface area contributed by atoms with E-state index in [0.29, 0.717) is 16.3 Å². The highest BCUT2D eigenvalue weighted by atomic mass is 35.5. The Balaban J connectivity index is 0.000000500. The molecule has 0 aliphatic heterocycles. The third-order valence-electron chi connectivity index (χ3n) is 1.44. The monoisotopic (exact) mass is 235 g/mol. The summed E-state index contributed by atoms with van der Waals surface area (Å²) in [5.74, 6) is -0.303. The van der Waals surface area contributed by atoms with Crippen LogP contribution in [0.3, 0.4) is 0 Å². The van der Waals surface area contributed by atoms with Gasteiger partial charge in [-0.15, -0.1) is 0 Å². The van der Waals surface area contributed by atoms with Gasteiger partial charge in [0, 0.05) is 5.56 Å². The smallest absolute Gasteiger partial charge is 0.127 e. The minimum Gasteiger partial charge on any atom is -0.331 e. The van der Waals surface area contributed by atoms with Crippen molar-refractivity contribution in [1.82, 2.24) is 0 Å². The van der Waals surface area contributed by atoms with Gasteiger partial charge in [0.15, 0.2) is 0 Å². The van der Waals surface area contributed by atoms with Crippen molar-refractivity contribution in [2.45, 2.75) is 27.2 Å². The van der Waals surface area contributed by atoms with Crippen molar-refractivity contribution in [2.24, 2.45) is 0 Å². The van der Waals surface area contributed by atoms with E-state index in [1.165, 1.54) is 18.6 Å². The number of nitrogens with one attached hydrogen (secondary N) is 1. The second-order valence-electron chi connectivity index (χ2n) is 2.85. The van der Waals surface area contributed by atoms with E-state index in [-0.39, 0.29) is 5.82 Å². The van der Waals surface area contributed by atoms with Gasteiger partial charge < -0.3 is 4.72 Å². The summed E-state index contributed by atoms with van der Waals surface area (Å²) in [7, 11) is 0. The zero-order chi connectivity index (χ0) is 11.1. The van der Waals surface area contributed by atoms with E-state index in [2.05, 4.69) is 31.4 Å². The Morgan fingerprint density at radius 1 is 1.43 bits per heavy atom. The Kier molecular flexibility index (Phi) is 6.75. The lowest BCUT2D eigenvalue weighted by Gasteiger charge is -2.05. The van der Waals surface area contributed by atoms with Gasteiger partial charge in [-0.25, -0.2) is 4.39 Å². The lowest BCUT2D eigenvalue weighted by molar-refractivity contribution is 0.619. The standard InChI is InChI=1S/C7H7ClFNS.C3H8/c1-4-5(9)2-3-6(10-11)7(4)8;1-3-2/h2-3,10-11H,1H3;3H2,1-2H3. The van der Waals surface area contributed by atoms with E-state index in [1.54, 1.807) is 6.92 Å². The highest BCUT2D eigenvalue weighted by Gasteiger charge is 2.05. The first-order chi connectivity index (χ1) is 6.58. The van der Waals surface area contributed by atoms with Crippen molar-refractivity contribution in [3.8, 4) is 0 Å². The molecule has 0 bridgehead atoms. The van der Waals surface area contributed by atoms with Gasteiger partial charge in [0.05, 0.1) is 10.7 Å². The van der Waals surface area contributed by atoms with Crippen molar-refractivity contribution < 1.29 is 4.39 Å². The summed E-state index contributed by atoms with van der Waals surface area (Å²) in [6.07, 6.45) is 1.25. The van der Waals surface area contributed by atoms with Crippen LogP contribution in [0.2, 0.25) is 5.02 Å². The molecular formula is C10H15ClFNS. The molecule has 1 nitrogen and oxygen atoms in total. The molecule has 1 N–H and O–H groups in total. The van der Waals surface area contributed by atoms with Crippen molar-refractivity contribution in [3.63, 3.8) is 0 Å². The maximum absolute atomic E-state index is 12.8. The Bertz CT molecular complexity index is 292. The van der Waals surface area contributed by atoms with Crippen LogP contribution in [0, 0.1) is 12.7 Å². The number of hydrogen-bond donors (Lipinski definition) is 2. The van der Waals surface area contributed by atoms with E-state index in [0.717, 1.165) is 0 Å². The first kappa shape index (κ1) is 13.6. The summed E-state index contributed by atoms with van der Waals surface area (Å²) in [5, 5.41) is 0.375. The minimum absolute atomic E-state index is 0.303. The molecule has 0 saturated heterocycles. The van der Waals surface area contributed by atoms with E-state index >= 15 is 0 Å². The molecule has 0 aliphatic rings. The average molecular weight is 236 g/mol. The predicted octanol–water partition coefficient (Wildman–Crippen LogP) is 4.46. The predicted molar refractivity (Wildman–Crippen MR) is 64.7 cm³/mol. The van der Waals surface area contributed by atoms with Crippen molar-refractivity contribution in [1.29, 1.82) is 0 Å². The molecule has 4 heteroatoms. The first-order valence-corrected chi connectivity index (χ1v) is 5.25. The SMILES string of the molecule is CCC.Cc1c(F)ccc(NS)c1Cl. The second-order valence-corrected chi connectivity index (χ2v) is 3.45. The fourth-order valence-corrected chi connectivity index (χ4v) is 1.20. The number of hydrogen-bond acceptors (Lipinski definition) is 2. The molecule has 0 fully saturated rings. The molecule has 1 rings (SSSR count). The van der Waals surface area contributed by atoms with Gasteiger partial charge in [0.2, 0.25) is 0 Å². The number of anilines is 1. The molecule has 0 aliphatic carbocycles. The summed E-state index contributed by atoms with van der Waals surface area (Å²) in [5.41, 5.74) is 1.06. The van der Waals surface area contributed by atoms with Crippen molar-refractivity contribution >= 4 is 30.1 Å². The lowest BCUT2D eigenvalue weighted by Crippen LogP contribution is -1.88. The summed E-state index contributed by atoms with van der Waals surface area (Å²) >= 11 is 9.55.